The maximum absolute atomic E-state index is 13.2. The number of halogens is 1. The maximum Gasteiger partial charge on any atom is 0.339 e. The van der Waals surface area contributed by atoms with Crippen LogP contribution in [0.25, 0.3) is 0 Å². The van der Waals surface area contributed by atoms with E-state index in [0.29, 0.717) is 6.07 Å². The summed E-state index contributed by atoms with van der Waals surface area (Å²) in [7, 11) is -1.93. The molecular formula is C12H14FNO6S. The van der Waals surface area contributed by atoms with Crippen molar-refractivity contribution in [1.82, 2.24) is 4.72 Å². The Hall–Kier alpha value is -2.00. The molecule has 0 heterocycles. The number of esters is 2. The number of benzene rings is 1. The van der Waals surface area contributed by atoms with E-state index in [2.05, 4.69) is 14.2 Å². The van der Waals surface area contributed by atoms with Gasteiger partial charge in [-0.2, -0.15) is 0 Å². The fourth-order valence-corrected chi connectivity index (χ4v) is 2.70. The second-order valence-electron chi connectivity index (χ2n) is 3.86. The van der Waals surface area contributed by atoms with Crippen molar-refractivity contribution in [1.29, 1.82) is 0 Å². The van der Waals surface area contributed by atoms with E-state index in [0.717, 1.165) is 19.2 Å². The van der Waals surface area contributed by atoms with Crippen LogP contribution in [0.3, 0.4) is 0 Å². The first-order valence-corrected chi connectivity index (χ1v) is 7.24. The number of carbonyl (C=O) groups excluding carboxylic acids is 2. The van der Waals surface area contributed by atoms with Gasteiger partial charge in [-0.25, -0.2) is 22.3 Å². The molecule has 7 nitrogen and oxygen atoms in total. The summed E-state index contributed by atoms with van der Waals surface area (Å²) in [5, 5.41) is 0. The van der Waals surface area contributed by atoms with Crippen molar-refractivity contribution >= 4 is 22.0 Å². The molecule has 1 aromatic rings. The third-order valence-electron chi connectivity index (χ3n) is 2.49. The van der Waals surface area contributed by atoms with Gasteiger partial charge in [0.25, 0.3) is 0 Å². The van der Waals surface area contributed by atoms with Gasteiger partial charge >= 0.3 is 11.9 Å². The summed E-state index contributed by atoms with van der Waals surface area (Å²) >= 11 is 0. The molecule has 0 bridgehead atoms. The van der Waals surface area contributed by atoms with Gasteiger partial charge in [0, 0.05) is 6.54 Å². The second kappa shape index (κ2) is 7.14. The Morgan fingerprint density at radius 3 is 2.48 bits per heavy atom. The number of rotatable bonds is 6. The Morgan fingerprint density at radius 2 is 1.90 bits per heavy atom. The fraction of sp³-hybridized carbons (Fsp3) is 0.333. The van der Waals surface area contributed by atoms with E-state index < -0.39 is 32.7 Å². The second-order valence-corrected chi connectivity index (χ2v) is 5.59. The lowest BCUT2D eigenvalue weighted by Crippen LogP contribution is -2.28. The van der Waals surface area contributed by atoms with Crippen LogP contribution in [0.1, 0.15) is 16.8 Å². The third kappa shape index (κ3) is 4.50. The number of carbonyl (C=O) groups is 2. The largest absolute Gasteiger partial charge is 0.469 e. The Morgan fingerprint density at radius 1 is 1.24 bits per heavy atom. The molecule has 1 aromatic carbocycles. The molecule has 1 rings (SSSR count). The van der Waals surface area contributed by atoms with Crippen LogP contribution in [0.2, 0.25) is 0 Å². The van der Waals surface area contributed by atoms with Crippen LogP contribution in [0.15, 0.2) is 23.1 Å². The van der Waals surface area contributed by atoms with Crippen molar-refractivity contribution in [3.63, 3.8) is 0 Å². The van der Waals surface area contributed by atoms with Crippen LogP contribution < -0.4 is 4.72 Å². The van der Waals surface area contributed by atoms with Crippen LogP contribution in [-0.2, 0) is 24.3 Å². The van der Waals surface area contributed by atoms with E-state index >= 15 is 0 Å². The van der Waals surface area contributed by atoms with E-state index in [1.54, 1.807) is 0 Å². The van der Waals surface area contributed by atoms with Gasteiger partial charge in [0.2, 0.25) is 10.0 Å². The molecule has 0 aliphatic heterocycles. The minimum atomic E-state index is -4.17. The Balaban J connectivity index is 3.04. The van der Waals surface area contributed by atoms with E-state index in [1.807, 2.05) is 0 Å². The summed E-state index contributed by atoms with van der Waals surface area (Å²) in [5.41, 5.74) is -0.301. The number of hydrogen-bond acceptors (Lipinski definition) is 6. The zero-order valence-corrected chi connectivity index (χ0v) is 12.2. The molecule has 0 saturated heterocycles. The Labute approximate surface area is 121 Å². The highest BCUT2D eigenvalue weighted by Crippen LogP contribution is 2.18. The molecule has 0 spiro atoms. The van der Waals surface area contributed by atoms with Gasteiger partial charge < -0.3 is 9.47 Å². The van der Waals surface area contributed by atoms with Gasteiger partial charge in [0.1, 0.15) is 5.82 Å². The Bertz CT molecular complexity index is 643. The first-order valence-electron chi connectivity index (χ1n) is 5.76. The zero-order chi connectivity index (χ0) is 16.0. The van der Waals surface area contributed by atoms with E-state index in [-0.39, 0.29) is 18.5 Å². The van der Waals surface area contributed by atoms with E-state index in [4.69, 9.17) is 0 Å². The Kier molecular flexibility index (Phi) is 5.79. The first kappa shape index (κ1) is 17.1. The minimum absolute atomic E-state index is 0.196. The number of hydrogen-bond donors (Lipinski definition) is 1. The van der Waals surface area contributed by atoms with Gasteiger partial charge in [-0.1, -0.05) is 0 Å². The third-order valence-corrected chi connectivity index (χ3v) is 3.99. The average molecular weight is 319 g/mol. The molecule has 0 fully saturated rings. The average Bonchev–Trinajstić information content (AvgIpc) is 2.45. The molecular weight excluding hydrogens is 305 g/mol. The fourth-order valence-electron chi connectivity index (χ4n) is 1.46. The quantitative estimate of drug-likeness (QED) is 0.765. The standard InChI is InChI=1S/C12H14FNO6S/c1-19-11(15)5-6-14-21(17,18)10-7-8(13)3-4-9(10)12(16)20-2/h3-4,7,14H,5-6H2,1-2H3. The summed E-state index contributed by atoms with van der Waals surface area (Å²) in [6, 6.07) is 2.66. The van der Waals surface area contributed by atoms with Gasteiger partial charge in [-0.05, 0) is 18.2 Å². The number of nitrogens with one attached hydrogen (secondary N) is 1. The zero-order valence-electron chi connectivity index (χ0n) is 11.4. The van der Waals surface area contributed by atoms with Crippen molar-refractivity contribution in [2.75, 3.05) is 20.8 Å². The SMILES string of the molecule is COC(=O)CCNS(=O)(=O)c1cc(F)ccc1C(=O)OC. The molecule has 0 amide bonds. The summed E-state index contributed by atoms with van der Waals surface area (Å²) < 4.78 is 48.2. The number of sulfonamides is 1. The lowest BCUT2D eigenvalue weighted by Gasteiger charge is -2.10. The summed E-state index contributed by atoms with van der Waals surface area (Å²) in [6.07, 6.45) is -0.196. The van der Waals surface area contributed by atoms with Crippen LogP contribution in [0, 0.1) is 5.82 Å². The molecule has 9 heteroatoms. The molecule has 0 radical (unpaired) electrons. The summed E-state index contributed by atoms with van der Waals surface area (Å²) in [4.78, 5) is 21.9. The number of methoxy groups -OCH3 is 2. The van der Waals surface area contributed by atoms with Crippen molar-refractivity contribution in [3.05, 3.63) is 29.6 Å². The van der Waals surface area contributed by atoms with Crippen molar-refractivity contribution in [2.45, 2.75) is 11.3 Å². The maximum atomic E-state index is 13.2. The van der Waals surface area contributed by atoms with E-state index in [9.17, 15) is 22.4 Å². The van der Waals surface area contributed by atoms with Gasteiger partial charge in [-0.3, -0.25) is 4.79 Å². The predicted octanol–water partition coefficient (Wildman–Crippen LogP) is 0.454. The van der Waals surface area contributed by atoms with Gasteiger partial charge in [-0.15, -0.1) is 0 Å². The molecule has 0 aromatic heterocycles. The minimum Gasteiger partial charge on any atom is -0.469 e. The monoisotopic (exact) mass is 319 g/mol. The molecule has 21 heavy (non-hydrogen) atoms. The molecule has 0 aliphatic carbocycles. The van der Waals surface area contributed by atoms with Crippen LogP contribution >= 0.6 is 0 Å². The highest BCUT2D eigenvalue weighted by Gasteiger charge is 2.23. The summed E-state index contributed by atoms with van der Waals surface area (Å²) in [5.74, 6) is -2.34. The lowest BCUT2D eigenvalue weighted by molar-refractivity contribution is -0.140. The normalized spacial score (nSPS) is 11.0. The van der Waals surface area contributed by atoms with Crippen molar-refractivity contribution in [2.24, 2.45) is 0 Å². The van der Waals surface area contributed by atoms with Gasteiger partial charge in [0.05, 0.1) is 31.1 Å². The van der Waals surface area contributed by atoms with Gasteiger partial charge in [0.15, 0.2) is 0 Å². The van der Waals surface area contributed by atoms with Crippen molar-refractivity contribution in [3.8, 4) is 0 Å². The molecule has 0 atom stereocenters. The summed E-state index contributed by atoms with van der Waals surface area (Å²) in [6.45, 7) is -0.244. The lowest BCUT2D eigenvalue weighted by atomic mass is 10.2. The van der Waals surface area contributed by atoms with Crippen LogP contribution in [0.4, 0.5) is 4.39 Å². The van der Waals surface area contributed by atoms with Crippen LogP contribution in [-0.4, -0.2) is 41.1 Å². The number of ether oxygens (including phenoxy) is 2. The smallest absolute Gasteiger partial charge is 0.339 e. The molecule has 0 unspecified atom stereocenters. The van der Waals surface area contributed by atoms with Crippen molar-refractivity contribution < 1.29 is 31.9 Å². The highest BCUT2D eigenvalue weighted by molar-refractivity contribution is 7.89. The molecule has 0 aliphatic rings. The highest BCUT2D eigenvalue weighted by atomic mass is 32.2. The molecule has 1 N–H and O–H groups in total. The van der Waals surface area contributed by atoms with E-state index in [1.165, 1.54) is 7.11 Å². The first-order chi connectivity index (χ1) is 9.81. The topological polar surface area (TPSA) is 98.8 Å². The molecule has 116 valence electrons. The molecule has 0 saturated carbocycles. The van der Waals surface area contributed by atoms with Crippen LogP contribution in [0.5, 0.6) is 0 Å². The predicted molar refractivity (Wildman–Crippen MR) is 69.6 cm³/mol.